The van der Waals surface area contributed by atoms with Gasteiger partial charge in [-0.1, -0.05) is 29.2 Å². The third-order valence-electron chi connectivity index (χ3n) is 0.969. The molecule has 0 saturated heterocycles. The Hall–Kier alpha value is -0.570. The topological polar surface area (TPSA) is 38.3 Å². The van der Waals surface area contributed by atoms with Crippen molar-refractivity contribution in [3.8, 4) is 0 Å². The van der Waals surface area contributed by atoms with Gasteiger partial charge in [0.1, 0.15) is 0 Å². The lowest BCUT2D eigenvalue weighted by Crippen LogP contribution is -2.24. The molecular formula is C10H27NO2. The van der Waals surface area contributed by atoms with Crippen molar-refractivity contribution in [2.45, 2.75) is 42.5 Å². The van der Waals surface area contributed by atoms with Crippen molar-refractivity contribution in [1.29, 1.82) is 0 Å². The van der Waals surface area contributed by atoms with Crippen molar-refractivity contribution in [2.75, 3.05) is 19.8 Å². The van der Waals surface area contributed by atoms with Gasteiger partial charge in [-0.3, -0.25) is 4.79 Å². The summed E-state index contributed by atoms with van der Waals surface area (Å²) in [7, 11) is 0. The van der Waals surface area contributed by atoms with Gasteiger partial charge >= 0.3 is 0 Å². The van der Waals surface area contributed by atoms with Gasteiger partial charge in [0.15, 0.2) is 0 Å². The number of carbonyl (C=O) groups excluding carboxylic acids is 1. The molecule has 0 rings (SSSR count). The van der Waals surface area contributed by atoms with Crippen molar-refractivity contribution < 1.29 is 9.53 Å². The van der Waals surface area contributed by atoms with E-state index in [0.29, 0.717) is 13.2 Å². The van der Waals surface area contributed by atoms with Gasteiger partial charge < -0.3 is 10.1 Å². The van der Waals surface area contributed by atoms with Crippen LogP contribution in [0, 0.1) is 0 Å². The van der Waals surface area contributed by atoms with E-state index in [1.165, 1.54) is 6.92 Å². The van der Waals surface area contributed by atoms with Crippen LogP contribution in [0.2, 0.25) is 0 Å². The standard InChI is InChI=1S/C7H15NO2.3CH4/c1-3-5-10-6-4-8-7(2)9;;;/h3-6H2,1-2H3,(H,8,9);3*1H4. The van der Waals surface area contributed by atoms with Crippen LogP contribution >= 0.6 is 0 Å². The Balaban J connectivity index is -0.000000135. The summed E-state index contributed by atoms with van der Waals surface area (Å²) in [5.74, 6) is 0.0000912. The Kier molecular flexibility index (Phi) is 30.8. The van der Waals surface area contributed by atoms with E-state index in [9.17, 15) is 4.79 Å². The highest BCUT2D eigenvalue weighted by Crippen LogP contribution is 1.77. The highest BCUT2D eigenvalue weighted by Gasteiger charge is 1.88. The lowest BCUT2D eigenvalue weighted by Gasteiger charge is -2.01. The van der Waals surface area contributed by atoms with Crippen LogP contribution in [0.15, 0.2) is 0 Å². The molecule has 0 unspecified atom stereocenters. The van der Waals surface area contributed by atoms with Crippen LogP contribution < -0.4 is 5.32 Å². The van der Waals surface area contributed by atoms with Crippen LogP contribution in [0.5, 0.6) is 0 Å². The Labute approximate surface area is 83.9 Å². The van der Waals surface area contributed by atoms with Gasteiger partial charge in [0.2, 0.25) is 5.91 Å². The summed E-state index contributed by atoms with van der Waals surface area (Å²) in [6.45, 7) is 5.57. The molecule has 0 fully saturated rings. The predicted octanol–water partition coefficient (Wildman–Crippen LogP) is 2.46. The van der Waals surface area contributed by atoms with E-state index in [-0.39, 0.29) is 28.2 Å². The maximum atomic E-state index is 10.3. The van der Waals surface area contributed by atoms with Crippen LogP contribution in [-0.2, 0) is 9.53 Å². The second-order valence-electron chi connectivity index (χ2n) is 2.10. The van der Waals surface area contributed by atoms with E-state index < -0.39 is 0 Å². The zero-order valence-electron chi connectivity index (χ0n) is 6.64. The molecule has 1 N–H and O–H groups in total. The van der Waals surface area contributed by atoms with E-state index in [0.717, 1.165) is 13.0 Å². The summed E-state index contributed by atoms with van der Waals surface area (Å²) in [5, 5.41) is 2.64. The SMILES string of the molecule is C.C.C.CCCOCCNC(C)=O. The number of amides is 1. The van der Waals surface area contributed by atoms with Crippen molar-refractivity contribution in [3.63, 3.8) is 0 Å². The minimum atomic E-state index is 0. The molecule has 0 aromatic carbocycles. The van der Waals surface area contributed by atoms with Crippen molar-refractivity contribution in [3.05, 3.63) is 0 Å². The molecule has 0 radical (unpaired) electrons. The van der Waals surface area contributed by atoms with Crippen LogP contribution in [0.3, 0.4) is 0 Å². The first-order valence-corrected chi connectivity index (χ1v) is 3.59. The molecule has 1 amide bonds. The molecule has 0 aliphatic heterocycles. The Morgan fingerprint density at radius 3 is 2.15 bits per heavy atom. The number of hydrogen-bond donors (Lipinski definition) is 1. The Bertz CT molecular complexity index is 94.9. The number of nitrogens with one attached hydrogen (secondary N) is 1. The average molecular weight is 193 g/mol. The summed E-state index contributed by atoms with van der Waals surface area (Å²) in [5.41, 5.74) is 0. The van der Waals surface area contributed by atoms with E-state index in [2.05, 4.69) is 12.2 Å². The summed E-state index contributed by atoms with van der Waals surface area (Å²) in [6, 6.07) is 0. The Morgan fingerprint density at radius 1 is 1.23 bits per heavy atom. The molecule has 84 valence electrons. The lowest BCUT2D eigenvalue weighted by molar-refractivity contribution is -0.119. The first kappa shape index (κ1) is 22.9. The monoisotopic (exact) mass is 193 g/mol. The van der Waals surface area contributed by atoms with Crippen LogP contribution in [0.4, 0.5) is 0 Å². The molecule has 0 atom stereocenters. The molecular weight excluding hydrogens is 166 g/mol. The van der Waals surface area contributed by atoms with E-state index in [1.54, 1.807) is 0 Å². The third-order valence-corrected chi connectivity index (χ3v) is 0.969. The van der Waals surface area contributed by atoms with Crippen LogP contribution in [0.25, 0.3) is 0 Å². The predicted molar refractivity (Wildman–Crippen MR) is 60.0 cm³/mol. The highest BCUT2D eigenvalue weighted by atomic mass is 16.5. The number of rotatable bonds is 5. The first-order chi connectivity index (χ1) is 4.77. The van der Waals surface area contributed by atoms with Gasteiger partial charge in [-0.15, -0.1) is 0 Å². The molecule has 0 aliphatic carbocycles. The van der Waals surface area contributed by atoms with Gasteiger partial charge in [0.05, 0.1) is 6.61 Å². The van der Waals surface area contributed by atoms with Crippen molar-refractivity contribution >= 4 is 5.91 Å². The van der Waals surface area contributed by atoms with Gasteiger partial charge in [-0.05, 0) is 6.42 Å². The normalized spacial score (nSPS) is 7.23. The fourth-order valence-electron chi connectivity index (χ4n) is 0.546. The number of carbonyl (C=O) groups is 1. The number of ether oxygens (including phenoxy) is 1. The third kappa shape index (κ3) is 24.6. The maximum absolute atomic E-state index is 10.3. The summed E-state index contributed by atoms with van der Waals surface area (Å²) >= 11 is 0. The average Bonchev–Trinajstić information content (AvgIpc) is 1.87. The summed E-state index contributed by atoms with van der Waals surface area (Å²) in [6.07, 6.45) is 1.03. The van der Waals surface area contributed by atoms with Crippen molar-refractivity contribution in [1.82, 2.24) is 5.32 Å². The highest BCUT2D eigenvalue weighted by molar-refractivity contribution is 5.72. The molecule has 0 aromatic heterocycles. The second kappa shape index (κ2) is 17.5. The quantitative estimate of drug-likeness (QED) is 0.681. The second-order valence-corrected chi connectivity index (χ2v) is 2.10. The van der Waals surface area contributed by atoms with Crippen LogP contribution in [-0.4, -0.2) is 25.7 Å². The minimum Gasteiger partial charge on any atom is -0.380 e. The molecule has 3 nitrogen and oxygen atoms in total. The van der Waals surface area contributed by atoms with Gasteiger partial charge in [0.25, 0.3) is 0 Å². The van der Waals surface area contributed by atoms with E-state index in [1.807, 2.05) is 0 Å². The van der Waals surface area contributed by atoms with Crippen LogP contribution in [0.1, 0.15) is 42.5 Å². The number of hydrogen-bond acceptors (Lipinski definition) is 2. The first-order valence-electron chi connectivity index (χ1n) is 3.59. The van der Waals surface area contributed by atoms with Gasteiger partial charge in [-0.2, -0.15) is 0 Å². The molecule has 0 aliphatic rings. The van der Waals surface area contributed by atoms with Crippen molar-refractivity contribution in [2.24, 2.45) is 0 Å². The maximum Gasteiger partial charge on any atom is 0.216 e. The van der Waals surface area contributed by atoms with Gasteiger partial charge in [0, 0.05) is 20.1 Å². The minimum absolute atomic E-state index is 0. The van der Waals surface area contributed by atoms with Gasteiger partial charge in [-0.25, -0.2) is 0 Å². The molecule has 0 heterocycles. The lowest BCUT2D eigenvalue weighted by atomic mass is 10.5. The van der Waals surface area contributed by atoms with E-state index >= 15 is 0 Å². The summed E-state index contributed by atoms with van der Waals surface area (Å²) < 4.78 is 5.12. The van der Waals surface area contributed by atoms with E-state index in [4.69, 9.17) is 4.74 Å². The fourth-order valence-corrected chi connectivity index (χ4v) is 0.546. The summed E-state index contributed by atoms with van der Waals surface area (Å²) in [4.78, 5) is 10.3. The largest absolute Gasteiger partial charge is 0.380 e. The molecule has 3 heteroatoms. The molecule has 0 aromatic rings. The zero-order chi connectivity index (χ0) is 7.82. The smallest absolute Gasteiger partial charge is 0.216 e. The zero-order valence-corrected chi connectivity index (χ0v) is 6.64. The fraction of sp³-hybridized carbons (Fsp3) is 0.900. The molecule has 0 bridgehead atoms. The molecule has 0 saturated carbocycles. The molecule has 13 heavy (non-hydrogen) atoms. The Morgan fingerprint density at radius 2 is 1.77 bits per heavy atom. The molecule has 0 spiro atoms.